The zero-order chi connectivity index (χ0) is 16.8. The second-order valence-electron chi connectivity index (χ2n) is 5.76. The van der Waals surface area contributed by atoms with Crippen LogP contribution in [0.4, 0.5) is 5.69 Å². The molecule has 0 aliphatic rings. The molecular formula is C22H21NS. The quantitative estimate of drug-likeness (QED) is 0.489. The predicted molar refractivity (Wildman–Crippen MR) is 105 cm³/mol. The van der Waals surface area contributed by atoms with E-state index in [4.69, 9.17) is 0 Å². The van der Waals surface area contributed by atoms with Crippen molar-refractivity contribution in [2.75, 3.05) is 0 Å². The maximum Gasteiger partial charge on any atom is 0.0630 e. The highest BCUT2D eigenvalue weighted by Crippen LogP contribution is 2.27. The van der Waals surface area contributed by atoms with Gasteiger partial charge in [0.05, 0.1) is 5.69 Å². The van der Waals surface area contributed by atoms with Gasteiger partial charge in [0.1, 0.15) is 0 Å². The monoisotopic (exact) mass is 331 g/mol. The highest BCUT2D eigenvalue weighted by atomic mass is 32.2. The topological polar surface area (TPSA) is 12.4 Å². The van der Waals surface area contributed by atoms with Crippen molar-refractivity contribution in [2.24, 2.45) is 4.99 Å². The molecule has 1 nitrogen and oxygen atoms in total. The first-order valence-electron chi connectivity index (χ1n) is 8.20. The Bertz CT molecular complexity index is 800. The first-order chi connectivity index (χ1) is 11.7. The van der Waals surface area contributed by atoms with Gasteiger partial charge in [0.15, 0.2) is 0 Å². The number of rotatable bonds is 5. The van der Waals surface area contributed by atoms with Crippen molar-refractivity contribution in [3.8, 4) is 0 Å². The molecule has 2 heteroatoms. The highest BCUT2D eigenvalue weighted by molar-refractivity contribution is 7.99. The summed E-state index contributed by atoms with van der Waals surface area (Å²) in [5.74, 6) is 0. The fourth-order valence-corrected chi connectivity index (χ4v) is 3.15. The summed E-state index contributed by atoms with van der Waals surface area (Å²) in [6.07, 6.45) is 2.98. The summed E-state index contributed by atoms with van der Waals surface area (Å²) in [6.45, 7) is 4.27. The number of benzene rings is 3. The fourth-order valence-electron chi connectivity index (χ4n) is 2.33. The van der Waals surface area contributed by atoms with Crippen LogP contribution < -0.4 is 0 Å². The van der Waals surface area contributed by atoms with E-state index in [9.17, 15) is 0 Å². The number of nitrogens with zero attached hydrogens (tertiary/aromatic N) is 1. The average Bonchev–Trinajstić information content (AvgIpc) is 2.63. The molecule has 0 saturated heterocycles. The number of hydrogen-bond acceptors (Lipinski definition) is 2. The standard InChI is InChI=1S/C22H21NS/c1-3-18-6-10-20(11-7-18)23-16-19-8-14-22(15-9-19)24-21-12-4-17(2)5-13-21/h4-16H,3H2,1-2H3. The van der Waals surface area contributed by atoms with Crippen LogP contribution in [0.3, 0.4) is 0 Å². The highest BCUT2D eigenvalue weighted by Gasteiger charge is 1.98. The van der Waals surface area contributed by atoms with Crippen LogP contribution in [0.25, 0.3) is 0 Å². The van der Waals surface area contributed by atoms with Gasteiger partial charge in [-0.1, -0.05) is 60.6 Å². The molecule has 0 unspecified atom stereocenters. The maximum atomic E-state index is 4.54. The summed E-state index contributed by atoms with van der Waals surface area (Å²) in [5, 5.41) is 0. The van der Waals surface area contributed by atoms with Crippen molar-refractivity contribution >= 4 is 23.7 Å². The van der Waals surface area contributed by atoms with Crippen LogP contribution in [0, 0.1) is 6.92 Å². The molecule has 0 aliphatic heterocycles. The van der Waals surface area contributed by atoms with Gasteiger partial charge < -0.3 is 0 Å². The van der Waals surface area contributed by atoms with E-state index in [0.717, 1.165) is 17.7 Å². The van der Waals surface area contributed by atoms with Gasteiger partial charge in [0, 0.05) is 16.0 Å². The van der Waals surface area contributed by atoms with E-state index < -0.39 is 0 Å². The minimum absolute atomic E-state index is 0.991. The number of aliphatic imine (C=N–C) groups is 1. The zero-order valence-electron chi connectivity index (χ0n) is 14.1. The Morgan fingerprint density at radius 3 is 1.96 bits per heavy atom. The fraction of sp³-hybridized carbons (Fsp3) is 0.136. The Morgan fingerprint density at radius 1 is 0.792 bits per heavy atom. The summed E-state index contributed by atoms with van der Waals surface area (Å²) < 4.78 is 0. The van der Waals surface area contributed by atoms with Gasteiger partial charge in [-0.3, -0.25) is 4.99 Å². The molecule has 0 saturated carbocycles. The number of hydrogen-bond donors (Lipinski definition) is 0. The van der Waals surface area contributed by atoms with E-state index in [0.29, 0.717) is 0 Å². The third-order valence-electron chi connectivity index (χ3n) is 3.84. The third kappa shape index (κ3) is 4.59. The lowest BCUT2D eigenvalue weighted by atomic mass is 10.1. The Morgan fingerprint density at radius 2 is 1.38 bits per heavy atom. The summed E-state index contributed by atoms with van der Waals surface area (Å²) in [5.41, 5.74) is 4.73. The van der Waals surface area contributed by atoms with Gasteiger partial charge in [0.2, 0.25) is 0 Å². The lowest BCUT2D eigenvalue weighted by Gasteiger charge is -2.03. The molecule has 0 radical (unpaired) electrons. The van der Waals surface area contributed by atoms with Gasteiger partial charge in [0.25, 0.3) is 0 Å². The van der Waals surface area contributed by atoms with Crippen molar-refractivity contribution in [2.45, 2.75) is 30.1 Å². The van der Waals surface area contributed by atoms with Gasteiger partial charge in [-0.05, 0) is 60.9 Å². The molecule has 3 aromatic rings. The maximum absolute atomic E-state index is 4.54. The Balaban J connectivity index is 1.65. The molecule has 120 valence electrons. The summed E-state index contributed by atoms with van der Waals surface area (Å²) >= 11 is 1.78. The van der Waals surface area contributed by atoms with Crippen molar-refractivity contribution in [1.82, 2.24) is 0 Å². The molecule has 3 rings (SSSR count). The summed E-state index contributed by atoms with van der Waals surface area (Å²) in [7, 11) is 0. The van der Waals surface area contributed by atoms with Crippen LogP contribution in [0.15, 0.2) is 87.6 Å². The van der Waals surface area contributed by atoms with Crippen LogP contribution >= 0.6 is 11.8 Å². The van der Waals surface area contributed by atoms with Crippen molar-refractivity contribution in [1.29, 1.82) is 0 Å². The first kappa shape index (κ1) is 16.5. The van der Waals surface area contributed by atoms with Gasteiger partial charge in [-0.15, -0.1) is 0 Å². The molecule has 0 bridgehead atoms. The molecule has 0 fully saturated rings. The SMILES string of the molecule is CCc1ccc(N=Cc2ccc(Sc3ccc(C)cc3)cc2)cc1. The normalized spacial score (nSPS) is 11.1. The van der Waals surface area contributed by atoms with E-state index in [2.05, 4.69) is 91.6 Å². The van der Waals surface area contributed by atoms with Crippen molar-refractivity contribution < 1.29 is 0 Å². The van der Waals surface area contributed by atoms with Gasteiger partial charge in [-0.25, -0.2) is 0 Å². The van der Waals surface area contributed by atoms with Crippen LogP contribution in [0.2, 0.25) is 0 Å². The summed E-state index contributed by atoms with van der Waals surface area (Å²) in [4.78, 5) is 7.04. The predicted octanol–water partition coefficient (Wildman–Crippen LogP) is 6.46. The Hall–Kier alpha value is -2.32. The molecule has 0 aromatic heterocycles. The smallest absolute Gasteiger partial charge is 0.0630 e. The average molecular weight is 331 g/mol. The van der Waals surface area contributed by atoms with E-state index in [1.807, 2.05) is 6.21 Å². The van der Waals surface area contributed by atoms with Crippen molar-refractivity contribution in [3.63, 3.8) is 0 Å². The second-order valence-corrected chi connectivity index (χ2v) is 6.91. The molecular weight excluding hydrogens is 310 g/mol. The van der Waals surface area contributed by atoms with E-state index in [1.54, 1.807) is 11.8 Å². The second kappa shape index (κ2) is 7.98. The minimum Gasteiger partial charge on any atom is -0.256 e. The van der Waals surface area contributed by atoms with Crippen LogP contribution in [-0.4, -0.2) is 6.21 Å². The van der Waals surface area contributed by atoms with Crippen molar-refractivity contribution in [3.05, 3.63) is 89.5 Å². The molecule has 24 heavy (non-hydrogen) atoms. The Labute approximate surface area is 148 Å². The largest absolute Gasteiger partial charge is 0.256 e. The first-order valence-corrected chi connectivity index (χ1v) is 9.02. The third-order valence-corrected chi connectivity index (χ3v) is 4.86. The molecule has 0 heterocycles. The van der Waals surface area contributed by atoms with Crippen LogP contribution in [0.5, 0.6) is 0 Å². The van der Waals surface area contributed by atoms with Gasteiger partial charge >= 0.3 is 0 Å². The van der Waals surface area contributed by atoms with E-state index in [-0.39, 0.29) is 0 Å². The minimum atomic E-state index is 0.991. The molecule has 0 N–H and O–H groups in total. The zero-order valence-corrected chi connectivity index (χ0v) is 14.9. The number of aryl methyl sites for hydroxylation is 2. The van der Waals surface area contributed by atoms with E-state index >= 15 is 0 Å². The van der Waals surface area contributed by atoms with Gasteiger partial charge in [-0.2, -0.15) is 0 Å². The van der Waals surface area contributed by atoms with Crippen LogP contribution in [-0.2, 0) is 6.42 Å². The molecule has 0 aliphatic carbocycles. The summed E-state index contributed by atoms with van der Waals surface area (Å²) in [6, 6.07) is 25.5. The van der Waals surface area contributed by atoms with E-state index in [1.165, 1.54) is 20.9 Å². The molecule has 3 aromatic carbocycles. The lowest BCUT2D eigenvalue weighted by molar-refractivity contribution is 1.14. The molecule has 0 atom stereocenters. The lowest BCUT2D eigenvalue weighted by Crippen LogP contribution is -1.82. The Kier molecular flexibility index (Phi) is 5.50. The van der Waals surface area contributed by atoms with Crippen LogP contribution in [0.1, 0.15) is 23.6 Å². The molecule has 0 amide bonds. The molecule has 0 spiro atoms.